The maximum atomic E-state index is 11.8. The normalized spacial score (nSPS) is 13.5. The molecule has 1 unspecified atom stereocenters. The zero-order valence-electron chi connectivity index (χ0n) is 13.8. The van der Waals surface area contributed by atoms with Crippen molar-refractivity contribution in [1.29, 1.82) is 0 Å². The van der Waals surface area contributed by atoms with Crippen LogP contribution in [0.15, 0.2) is 0 Å². The van der Waals surface area contributed by atoms with Crippen molar-refractivity contribution >= 4 is 49.0 Å². The molecule has 136 valence electrons. The molecule has 0 aliphatic rings. The van der Waals surface area contributed by atoms with Gasteiger partial charge in [0.15, 0.2) is 0 Å². The Hall–Kier alpha value is 1.36. The summed E-state index contributed by atoms with van der Waals surface area (Å²) in [6.45, 7) is 2.63. The molecule has 1 atom stereocenters. The van der Waals surface area contributed by atoms with E-state index in [0.717, 1.165) is 19.3 Å². The van der Waals surface area contributed by atoms with Crippen LogP contribution < -0.4 is 0 Å². The fourth-order valence-electron chi connectivity index (χ4n) is 2.08. The fourth-order valence-corrected chi connectivity index (χ4v) is 3.06. The van der Waals surface area contributed by atoms with Crippen LogP contribution in [0.5, 0.6) is 0 Å². The van der Waals surface area contributed by atoms with Crippen LogP contribution >= 0.6 is 19.4 Å². The van der Waals surface area contributed by atoms with Crippen molar-refractivity contribution < 1.29 is 23.5 Å². The van der Waals surface area contributed by atoms with E-state index in [1.165, 1.54) is 44.9 Å². The summed E-state index contributed by atoms with van der Waals surface area (Å²) in [6, 6.07) is 0. The molecule has 0 saturated heterocycles. The van der Waals surface area contributed by atoms with Crippen LogP contribution in [0.1, 0.15) is 77.6 Å². The molecule has 0 saturated carbocycles. The van der Waals surface area contributed by atoms with Gasteiger partial charge in [-0.15, -0.1) is 16.3 Å². The van der Waals surface area contributed by atoms with Crippen molar-refractivity contribution in [3.8, 4) is 0 Å². The fraction of sp³-hybridized carbons (Fsp3) is 1.00. The minimum atomic E-state index is -3.81. The topological polar surface area (TPSA) is 65.0 Å². The second-order valence-corrected chi connectivity index (χ2v) is 7.37. The first kappa shape index (κ1) is 26.6. The first-order chi connectivity index (χ1) is 10.7. The molecule has 0 aliphatic heterocycles. The summed E-state index contributed by atoms with van der Waals surface area (Å²) in [7, 11) is -3.81. The van der Waals surface area contributed by atoms with Crippen LogP contribution in [-0.4, -0.2) is 53.9 Å². The Morgan fingerprint density at radius 1 is 0.826 bits per heavy atom. The molecule has 8 heteroatoms. The van der Waals surface area contributed by atoms with Crippen molar-refractivity contribution in [3.63, 3.8) is 0 Å². The van der Waals surface area contributed by atoms with Gasteiger partial charge in [0.25, 0.3) is 0 Å². The van der Waals surface area contributed by atoms with Crippen LogP contribution in [0.2, 0.25) is 0 Å². The molecule has 0 fully saturated rings. The number of unbranched alkanes of at least 4 members (excludes halogenated alkanes) is 9. The Morgan fingerprint density at radius 2 is 1.26 bits per heavy atom. The van der Waals surface area contributed by atoms with Gasteiger partial charge in [0.05, 0.1) is 13.2 Å². The molecule has 1 N–H and O–H groups in total. The van der Waals surface area contributed by atoms with Gasteiger partial charge in [-0.2, -0.15) is 0 Å². The summed E-state index contributed by atoms with van der Waals surface area (Å²) >= 11 is 5.48. The first-order valence-corrected chi connectivity index (χ1v) is 10.5. The molecule has 0 heterocycles. The molecule has 0 bridgehead atoms. The summed E-state index contributed by atoms with van der Waals surface area (Å²) < 4.78 is 25.5. The quantitative estimate of drug-likeness (QED) is 0.0896. The van der Waals surface area contributed by atoms with E-state index >= 15 is 0 Å². The average Bonchev–Trinajstić information content (AvgIpc) is 2.53. The van der Waals surface area contributed by atoms with Crippen LogP contribution in [-0.2, 0) is 18.3 Å². The zero-order valence-corrected chi connectivity index (χ0v) is 15.5. The van der Waals surface area contributed by atoms with Crippen LogP contribution in [0.3, 0.4) is 0 Å². The summed E-state index contributed by atoms with van der Waals surface area (Å²) in [5, 5.41) is 8.60. The van der Waals surface area contributed by atoms with Crippen molar-refractivity contribution in [3.05, 3.63) is 0 Å². The monoisotopic (exact) mass is 382 g/mol. The van der Waals surface area contributed by atoms with E-state index < -0.39 is 7.82 Å². The van der Waals surface area contributed by atoms with E-state index in [1.54, 1.807) is 0 Å². The van der Waals surface area contributed by atoms with Crippen LogP contribution in [0, 0.1) is 0 Å². The van der Waals surface area contributed by atoms with Gasteiger partial charge in [-0.05, 0) is 12.8 Å². The SMILES string of the molecule is CCCCCCCCCCCCOP(=O)(OO)OCCCCl.[NaH]. The van der Waals surface area contributed by atoms with Crippen molar-refractivity contribution in [2.24, 2.45) is 0 Å². The van der Waals surface area contributed by atoms with Crippen molar-refractivity contribution in [2.45, 2.75) is 77.6 Å². The van der Waals surface area contributed by atoms with Gasteiger partial charge in [-0.1, -0.05) is 64.7 Å². The molecular weight excluding hydrogens is 350 g/mol. The zero-order chi connectivity index (χ0) is 16.5. The second kappa shape index (κ2) is 19.7. The Bertz CT molecular complexity index is 285. The molecule has 0 amide bonds. The van der Waals surface area contributed by atoms with E-state index in [2.05, 4.69) is 11.6 Å². The molecule has 0 spiro atoms. The van der Waals surface area contributed by atoms with Gasteiger partial charge in [0, 0.05) is 5.88 Å². The Morgan fingerprint density at radius 3 is 1.70 bits per heavy atom. The van der Waals surface area contributed by atoms with Gasteiger partial charge in [-0.3, -0.25) is 9.05 Å². The second-order valence-electron chi connectivity index (χ2n) is 5.42. The standard InChI is InChI=1S/C15H32ClO5P.Na.H/c1-2-3-4-5-6-7-8-9-10-11-14-19-22(18,21-17)20-15-12-13-16;;/h17H,2-15H2,1H3;;. The molecule has 0 aromatic heterocycles. The van der Waals surface area contributed by atoms with Crippen LogP contribution in [0.25, 0.3) is 0 Å². The first-order valence-electron chi connectivity index (χ1n) is 8.46. The van der Waals surface area contributed by atoms with Gasteiger partial charge in [0.1, 0.15) is 0 Å². The van der Waals surface area contributed by atoms with E-state index in [1.807, 2.05) is 0 Å². The predicted molar refractivity (Wildman–Crippen MR) is 97.6 cm³/mol. The molecule has 0 aromatic rings. The molecule has 5 nitrogen and oxygen atoms in total. The van der Waals surface area contributed by atoms with Crippen molar-refractivity contribution in [1.82, 2.24) is 0 Å². The number of halogens is 1. The third-order valence-electron chi connectivity index (χ3n) is 3.37. The van der Waals surface area contributed by atoms with Gasteiger partial charge < -0.3 is 0 Å². The van der Waals surface area contributed by atoms with Gasteiger partial charge in [-0.25, -0.2) is 9.82 Å². The Kier molecular flexibility index (Phi) is 22.8. The molecule has 0 radical (unpaired) electrons. The number of phosphoric acid groups is 1. The summed E-state index contributed by atoms with van der Waals surface area (Å²) in [5.74, 6) is 0.393. The molecule has 23 heavy (non-hydrogen) atoms. The number of rotatable bonds is 17. The predicted octanol–water partition coefficient (Wildman–Crippen LogP) is 5.52. The summed E-state index contributed by atoms with van der Waals surface area (Å²) in [4.78, 5) is 0. The number of phosphoric ester groups is 1. The summed E-state index contributed by atoms with van der Waals surface area (Å²) in [5.41, 5.74) is 0. The van der Waals surface area contributed by atoms with E-state index in [-0.39, 0.29) is 42.8 Å². The molecule has 0 aromatic carbocycles. The molecular formula is C15H33ClNaO5P. The Labute approximate surface area is 168 Å². The maximum absolute atomic E-state index is 11.8. The number of alkyl halides is 1. The van der Waals surface area contributed by atoms with E-state index in [9.17, 15) is 4.57 Å². The molecule has 0 rings (SSSR count). The summed E-state index contributed by atoms with van der Waals surface area (Å²) in [6.07, 6.45) is 12.6. The average molecular weight is 383 g/mol. The van der Waals surface area contributed by atoms with E-state index in [4.69, 9.17) is 25.9 Å². The van der Waals surface area contributed by atoms with Crippen molar-refractivity contribution in [2.75, 3.05) is 19.1 Å². The van der Waals surface area contributed by atoms with Crippen LogP contribution in [0.4, 0.5) is 0 Å². The number of hydrogen-bond donors (Lipinski definition) is 1. The molecule has 0 aliphatic carbocycles. The van der Waals surface area contributed by atoms with Gasteiger partial charge >= 0.3 is 37.4 Å². The number of hydrogen-bond acceptors (Lipinski definition) is 5. The third-order valence-corrected chi connectivity index (χ3v) is 4.84. The van der Waals surface area contributed by atoms with E-state index in [0.29, 0.717) is 12.3 Å². The van der Waals surface area contributed by atoms with Gasteiger partial charge in [0.2, 0.25) is 0 Å². The minimum absolute atomic E-state index is 0. The third kappa shape index (κ3) is 18.0. The Balaban J connectivity index is 0.